The quantitative estimate of drug-likeness (QED) is 0.704. The molecule has 0 heterocycles. The highest BCUT2D eigenvalue weighted by molar-refractivity contribution is 7.62. The first kappa shape index (κ1) is 14.5. The van der Waals surface area contributed by atoms with Crippen LogP contribution in [0.25, 0.3) is 0 Å². The lowest BCUT2D eigenvalue weighted by Gasteiger charge is -2.21. The van der Waals surface area contributed by atoms with Gasteiger partial charge in [-0.2, -0.15) is 0 Å². The Morgan fingerprint density at radius 3 is 2.24 bits per heavy atom. The monoisotopic (exact) mass is 254 g/mol. The minimum atomic E-state index is -2.11. The standard InChI is InChI=1S/C14H23O2P/c1-12(2)10-14(16-11-17(3,4)15)13-8-6-5-7-9-13/h5-9,12,14H,10-11H2,1-4H3. The molecule has 0 aliphatic heterocycles. The minimum absolute atomic E-state index is 0.0597. The van der Waals surface area contributed by atoms with Crippen molar-refractivity contribution in [3.63, 3.8) is 0 Å². The first-order valence-electron chi connectivity index (χ1n) is 6.09. The third kappa shape index (κ3) is 6.05. The lowest BCUT2D eigenvalue weighted by Crippen LogP contribution is -2.08. The molecule has 96 valence electrons. The van der Waals surface area contributed by atoms with Gasteiger partial charge in [0.2, 0.25) is 0 Å². The van der Waals surface area contributed by atoms with Gasteiger partial charge in [-0.1, -0.05) is 44.2 Å². The molecule has 0 saturated carbocycles. The van der Waals surface area contributed by atoms with Crippen LogP contribution < -0.4 is 0 Å². The van der Waals surface area contributed by atoms with E-state index in [9.17, 15) is 4.57 Å². The molecule has 1 rings (SSSR count). The molecule has 0 aromatic heterocycles. The molecule has 3 heteroatoms. The number of hydrogen-bond acceptors (Lipinski definition) is 2. The Morgan fingerprint density at radius 2 is 1.76 bits per heavy atom. The van der Waals surface area contributed by atoms with Crippen LogP contribution in [-0.2, 0) is 9.30 Å². The summed E-state index contributed by atoms with van der Waals surface area (Å²) in [4.78, 5) is 0. The highest BCUT2D eigenvalue weighted by atomic mass is 31.2. The molecule has 0 N–H and O–H groups in total. The Kier molecular flexibility index (Phi) is 5.42. The third-order valence-electron chi connectivity index (χ3n) is 2.44. The fraction of sp³-hybridized carbons (Fsp3) is 0.571. The molecule has 1 unspecified atom stereocenters. The van der Waals surface area contributed by atoms with Gasteiger partial charge in [-0.25, -0.2) is 0 Å². The Balaban J connectivity index is 2.71. The topological polar surface area (TPSA) is 26.3 Å². The third-order valence-corrected chi connectivity index (χ3v) is 3.21. The predicted molar refractivity (Wildman–Crippen MR) is 74.0 cm³/mol. The van der Waals surface area contributed by atoms with Crippen molar-refractivity contribution in [3.05, 3.63) is 35.9 Å². The van der Waals surface area contributed by atoms with Gasteiger partial charge in [-0.05, 0) is 31.2 Å². The van der Waals surface area contributed by atoms with Crippen LogP contribution in [0.2, 0.25) is 0 Å². The molecular formula is C14H23O2P. The molecule has 2 nitrogen and oxygen atoms in total. The lowest BCUT2D eigenvalue weighted by atomic mass is 10.00. The van der Waals surface area contributed by atoms with Crippen molar-refractivity contribution < 1.29 is 9.30 Å². The number of ether oxygens (including phenoxy) is 1. The molecule has 1 aromatic rings. The van der Waals surface area contributed by atoms with Gasteiger partial charge >= 0.3 is 0 Å². The van der Waals surface area contributed by atoms with Crippen molar-refractivity contribution in [3.8, 4) is 0 Å². The van der Waals surface area contributed by atoms with E-state index in [1.165, 1.54) is 5.56 Å². The van der Waals surface area contributed by atoms with Crippen LogP contribution in [0, 0.1) is 5.92 Å². The SMILES string of the molecule is CC(C)CC(OCP(C)(C)=O)c1ccccc1. The summed E-state index contributed by atoms with van der Waals surface area (Å²) in [5.41, 5.74) is 1.18. The van der Waals surface area contributed by atoms with Gasteiger partial charge in [0, 0.05) is 0 Å². The summed E-state index contributed by atoms with van der Waals surface area (Å²) in [6.45, 7) is 7.89. The zero-order chi connectivity index (χ0) is 12.9. The molecular weight excluding hydrogens is 231 g/mol. The summed E-state index contributed by atoms with van der Waals surface area (Å²) < 4.78 is 17.6. The van der Waals surface area contributed by atoms with Gasteiger partial charge in [0.1, 0.15) is 7.14 Å². The van der Waals surface area contributed by atoms with E-state index < -0.39 is 7.14 Å². The smallest absolute Gasteiger partial charge is 0.106 e. The maximum absolute atomic E-state index is 11.7. The van der Waals surface area contributed by atoms with E-state index in [2.05, 4.69) is 26.0 Å². The molecule has 1 atom stereocenters. The van der Waals surface area contributed by atoms with Crippen LogP contribution in [0.15, 0.2) is 30.3 Å². The zero-order valence-corrected chi connectivity index (χ0v) is 12.1. The van der Waals surface area contributed by atoms with Crippen molar-refractivity contribution >= 4 is 7.14 Å². The van der Waals surface area contributed by atoms with E-state index in [-0.39, 0.29) is 6.10 Å². The zero-order valence-electron chi connectivity index (χ0n) is 11.2. The highest BCUT2D eigenvalue weighted by Gasteiger charge is 2.17. The molecule has 0 amide bonds. The van der Waals surface area contributed by atoms with Gasteiger partial charge in [0.25, 0.3) is 0 Å². The van der Waals surface area contributed by atoms with Gasteiger partial charge in [0.15, 0.2) is 0 Å². The molecule has 0 aliphatic rings. The Hall–Kier alpha value is -0.590. The fourth-order valence-corrected chi connectivity index (χ4v) is 2.20. The molecule has 0 aliphatic carbocycles. The van der Waals surface area contributed by atoms with Gasteiger partial charge in [0.05, 0.1) is 12.5 Å². The number of benzene rings is 1. The summed E-state index contributed by atoms with van der Waals surface area (Å²) in [5, 5.41) is 0. The normalized spacial score (nSPS) is 13.9. The first-order chi connectivity index (χ1) is 7.88. The molecule has 0 fully saturated rings. The van der Waals surface area contributed by atoms with E-state index in [0.29, 0.717) is 12.3 Å². The summed E-state index contributed by atoms with van der Waals surface area (Å²) in [6.07, 6.45) is 1.38. The van der Waals surface area contributed by atoms with Crippen molar-refractivity contribution in [1.29, 1.82) is 0 Å². The summed E-state index contributed by atoms with van der Waals surface area (Å²) in [7, 11) is -2.11. The minimum Gasteiger partial charge on any atom is -0.366 e. The molecule has 17 heavy (non-hydrogen) atoms. The Labute approximate surface area is 105 Å². The summed E-state index contributed by atoms with van der Waals surface area (Å²) in [6, 6.07) is 10.2. The van der Waals surface area contributed by atoms with Crippen LogP contribution in [0.5, 0.6) is 0 Å². The fourth-order valence-electron chi connectivity index (χ4n) is 1.67. The number of hydrogen-bond donors (Lipinski definition) is 0. The summed E-state index contributed by atoms with van der Waals surface area (Å²) in [5.74, 6) is 0.563. The molecule has 0 bridgehead atoms. The van der Waals surface area contributed by atoms with Gasteiger partial charge < -0.3 is 9.30 Å². The van der Waals surface area contributed by atoms with Crippen LogP contribution in [0.4, 0.5) is 0 Å². The van der Waals surface area contributed by atoms with Crippen molar-refractivity contribution in [2.45, 2.75) is 26.4 Å². The largest absolute Gasteiger partial charge is 0.366 e. The van der Waals surface area contributed by atoms with Gasteiger partial charge in [-0.3, -0.25) is 0 Å². The van der Waals surface area contributed by atoms with Crippen LogP contribution in [0.3, 0.4) is 0 Å². The maximum atomic E-state index is 11.7. The van der Waals surface area contributed by atoms with Crippen LogP contribution >= 0.6 is 7.14 Å². The van der Waals surface area contributed by atoms with E-state index in [4.69, 9.17) is 4.74 Å². The van der Waals surface area contributed by atoms with E-state index in [1.54, 1.807) is 13.3 Å². The number of rotatable bonds is 6. The predicted octanol–water partition coefficient (Wildman–Crippen LogP) is 4.37. The molecule has 0 radical (unpaired) electrons. The van der Waals surface area contributed by atoms with E-state index in [1.807, 2.05) is 18.2 Å². The van der Waals surface area contributed by atoms with Crippen molar-refractivity contribution in [2.24, 2.45) is 5.92 Å². The van der Waals surface area contributed by atoms with Crippen molar-refractivity contribution in [2.75, 3.05) is 19.7 Å². The summed E-state index contributed by atoms with van der Waals surface area (Å²) >= 11 is 0. The average Bonchev–Trinajstić information content (AvgIpc) is 2.24. The highest BCUT2D eigenvalue weighted by Crippen LogP contribution is 2.38. The van der Waals surface area contributed by atoms with Crippen LogP contribution in [0.1, 0.15) is 31.9 Å². The maximum Gasteiger partial charge on any atom is 0.106 e. The molecule has 0 spiro atoms. The second kappa shape index (κ2) is 6.37. The lowest BCUT2D eigenvalue weighted by molar-refractivity contribution is 0.0686. The second-order valence-electron chi connectivity index (χ2n) is 5.40. The first-order valence-corrected chi connectivity index (χ1v) is 8.87. The Bertz CT molecular complexity index is 367. The van der Waals surface area contributed by atoms with Gasteiger partial charge in [-0.15, -0.1) is 0 Å². The van der Waals surface area contributed by atoms with Crippen molar-refractivity contribution in [1.82, 2.24) is 0 Å². The molecule has 0 saturated heterocycles. The Morgan fingerprint density at radius 1 is 1.18 bits per heavy atom. The van der Waals surface area contributed by atoms with E-state index in [0.717, 1.165) is 6.42 Å². The second-order valence-corrected chi connectivity index (χ2v) is 8.80. The average molecular weight is 254 g/mol. The van der Waals surface area contributed by atoms with E-state index >= 15 is 0 Å². The van der Waals surface area contributed by atoms with Crippen LogP contribution in [-0.4, -0.2) is 19.7 Å². The molecule has 1 aromatic carbocycles.